The molecule has 0 heterocycles. The van der Waals surface area contributed by atoms with Crippen molar-refractivity contribution in [3.8, 4) is 0 Å². The second kappa shape index (κ2) is 5.52. The van der Waals surface area contributed by atoms with E-state index >= 15 is 0 Å². The number of carbonyl (C=O) groups is 1. The van der Waals surface area contributed by atoms with E-state index in [2.05, 4.69) is 5.32 Å². The summed E-state index contributed by atoms with van der Waals surface area (Å²) in [6.07, 6.45) is 0. The van der Waals surface area contributed by atoms with Crippen LogP contribution in [0.25, 0.3) is 0 Å². The van der Waals surface area contributed by atoms with Crippen molar-refractivity contribution < 1.29 is 9.18 Å². The first kappa shape index (κ1) is 13.1. The zero-order chi connectivity index (χ0) is 13.8. The lowest BCUT2D eigenvalue weighted by atomic mass is 10.1. The molecule has 0 aliphatic carbocycles. The van der Waals surface area contributed by atoms with Crippen LogP contribution < -0.4 is 11.1 Å². The quantitative estimate of drug-likeness (QED) is 0.832. The number of halogens is 1. The molecule has 0 aromatic heterocycles. The Morgan fingerprint density at radius 1 is 1.16 bits per heavy atom. The fourth-order valence-corrected chi connectivity index (χ4v) is 1.81. The van der Waals surface area contributed by atoms with Gasteiger partial charge in [-0.25, -0.2) is 4.39 Å². The summed E-state index contributed by atoms with van der Waals surface area (Å²) in [6, 6.07) is 12.7. The first-order valence-electron chi connectivity index (χ1n) is 5.99. The van der Waals surface area contributed by atoms with Crippen molar-refractivity contribution in [2.24, 2.45) is 0 Å². The van der Waals surface area contributed by atoms with Crippen LogP contribution in [0.3, 0.4) is 0 Å². The molecular formula is C15H15FN2O. The highest BCUT2D eigenvalue weighted by molar-refractivity contribution is 5.99. The summed E-state index contributed by atoms with van der Waals surface area (Å²) in [5.41, 5.74) is 7.46. The molecule has 1 atom stereocenters. The maximum atomic E-state index is 12.8. The van der Waals surface area contributed by atoms with Crippen molar-refractivity contribution >= 4 is 11.6 Å². The van der Waals surface area contributed by atoms with Crippen LogP contribution in [0.2, 0.25) is 0 Å². The van der Waals surface area contributed by atoms with Gasteiger partial charge in [0.2, 0.25) is 0 Å². The van der Waals surface area contributed by atoms with Crippen molar-refractivity contribution in [2.45, 2.75) is 13.0 Å². The lowest BCUT2D eigenvalue weighted by Gasteiger charge is -2.15. The standard InChI is InChI=1S/C15H15FN2O/c1-10(11-6-8-12(16)9-7-11)18-15(19)13-4-2-3-5-14(13)17/h2-10H,17H2,1H3,(H,18,19)/t10-/m1/s1. The summed E-state index contributed by atoms with van der Waals surface area (Å²) < 4.78 is 12.8. The topological polar surface area (TPSA) is 55.1 Å². The molecule has 3 nitrogen and oxygen atoms in total. The van der Waals surface area contributed by atoms with Gasteiger partial charge in [0.05, 0.1) is 11.6 Å². The van der Waals surface area contributed by atoms with Gasteiger partial charge in [-0.3, -0.25) is 4.79 Å². The van der Waals surface area contributed by atoms with Crippen LogP contribution in [0, 0.1) is 5.82 Å². The molecule has 2 rings (SSSR count). The predicted octanol–water partition coefficient (Wildman–Crippen LogP) is 2.90. The minimum Gasteiger partial charge on any atom is -0.398 e. The molecule has 4 heteroatoms. The summed E-state index contributed by atoms with van der Waals surface area (Å²) in [5.74, 6) is -0.537. The Balaban J connectivity index is 2.11. The lowest BCUT2D eigenvalue weighted by Crippen LogP contribution is -2.27. The molecule has 2 aromatic carbocycles. The molecule has 0 saturated carbocycles. The Bertz CT molecular complexity index is 581. The molecule has 3 N–H and O–H groups in total. The van der Waals surface area contributed by atoms with Gasteiger partial charge in [0.25, 0.3) is 5.91 Å². The molecule has 0 aliphatic rings. The minimum atomic E-state index is -0.297. The van der Waals surface area contributed by atoms with Gasteiger partial charge in [-0.2, -0.15) is 0 Å². The van der Waals surface area contributed by atoms with E-state index in [-0.39, 0.29) is 17.8 Å². The maximum Gasteiger partial charge on any atom is 0.253 e. The number of hydrogen-bond acceptors (Lipinski definition) is 2. The van der Waals surface area contributed by atoms with E-state index in [4.69, 9.17) is 5.73 Å². The monoisotopic (exact) mass is 258 g/mol. The molecule has 0 fully saturated rings. The number of benzene rings is 2. The molecule has 0 bridgehead atoms. The Morgan fingerprint density at radius 2 is 1.79 bits per heavy atom. The van der Waals surface area contributed by atoms with Crippen molar-refractivity contribution in [1.29, 1.82) is 0 Å². The van der Waals surface area contributed by atoms with Crippen LogP contribution in [0.1, 0.15) is 28.9 Å². The van der Waals surface area contributed by atoms with Crippen molar-refractivity contribution in [2.75, 3.05) is 5.73 Å². The molecule has 0 radical (unpaired) electrons. The summed E-state index contributed by atoms with van der Waals surface area (Å²) >= 11 is 0. The molecule has 19 heavy (non-hydrogen) atoms. The van der Waals surface area contributed by atoms with E-state index in [0.29, 0.717) is 11.3 Å². The van der Waals surface area contributed by atoms with Crippen LogP contribution in [0.4, 0.5) is 10.1 Å². The van der Waals surface area contributed by atoms with Crippen molar-refractivity contribution in [3.63, 3.8) is 0 Å². The number of para-hydroxylation sites is 1. The SMILES string of the molecule is C[C@@H](NC(=O)c1ccccc1N)c1ccc(F)cc1. The normalized spacial score (nSPS) is 11.9. The third-order valence-electron chi connectivity index (χ3n) is 2.92. The smallest absolute Gasteiger partial charge is 0.253 e. The number of anilines is 1. The highest BCUT2D eigenvalue weighted by Crippen LogP contribution is 2.16. The van der Waals surface area contributed by atoms with Crippen molar-refractivity contribution in [1.82, 2.24) is 5.32 Å². The van der Waals surface area contributed by atoms with E-state index < -0.39 is 0 Å². The molecular weight excluding hydrogens is 243 g/mol. The number of rotatable bonds is 3. The molecule has 0 unspecified atom stereocenters. The molecule has 0 aliphatic heterocycles. The average Bonchev–Trinajstić information content (AvgIpc) is 2.39. The van der Waals surface area contributed by atoms with Crippen molar-refractivity contribution in [3.05, 3.63) is 65.5 Å². The van der Waals surface area contributed by atoms with E-state index in [1.165, 1.54) is 12.1 Å². The largest absolute Gasteiger partial charge is 0.398 e. The van der Waals surface area contributed by atoms with Gasteiger partial charge < -0.3 is 11.1 Å². The second-order valence-corrected chi connectivity index (χ2v) is 4.33. The van der Waals surface area contributed by atoms with Gasteiger partial charge in [-0.1, -0.05) is 24.3 Å². The molecule has 98 valence electrons. The lowest BCUT2D eigenvalue weighted by molar-refractivity contribution is 0.0941. The van der Waals surface area contributed by atoms with E-state index in [1.54, 1.807) is 36.4 Å². The van der Waals surface area contributed by atoms with Crippen LogP contribution >= 0.6 is 0 Å². The number of amides is 1. The van der Waals surface area contributed by atoms with E-state index in [0.717, 1.165) is 5.56 Å². The summed E-state index contributed by atoms with van der Waals surface area (Å²) in [5, 5.41) is 2.83. The van der Waals surface area contributed by atoms with Crippen LogP contribution in [0.5, 0.6) is 0 Å². The van der Waals surface area contributed by atoms with Gasteiger partial charge in [0.1, 0.15) is 5.82 Å². The Kier molecular flexibility index (Phi) is 3.80. The number of carbonyl (C=O) groups excluding carboxylic acids is 1. The maximum absolute atomic E-state index is 12.8. The van der Waals surface area contributed by atoms with Crippen LogP contribution in [-0.2, 0) is 0 Å². The van der Waals surface area contributed by atoms with Gasteiger partial charge >= 0.3 is 0 Å². The van der Waals surface area contributed by atoms with E-state index in [1.807, 2.05) is 6.92 Å². The minimum absolute atomic E-state index is 0.215. The summed E-state index contributed by atoms with van der Waals surface area (Å²) in [7, 11) is 0. The fraction of sp³-hybridized carbons (Fsp3) is 0.133. The number of nitrogen functional groups attached to an aromatic ring is 1. The average molecular weight is 258 g/mol. The van der Waals surface area contributed by atoms with Gasteiger partial charge in [0.15, 0.2) is 0 Å². The number of nitrogens with two attached hydrogens (primary N) is 1. The molecule has 0 spiro atoms. The van der Waals surface area contributed by atoms with E-state index in [9.17, 15) is 9.18 Å². The Hall–Kier alpha value is -2.36. The first-order chi connectivity index (χ1) is 9.08. The van der Waals surface area contributed by atoms with Crippen LogP contribution in [-0.4, -0.2) is 5.91 Å². The Morgan fingerprint density at radius 3 is 2.42 bits per heavy atom. The molecule has 2 aromatic rings. The second-order valence-electron chi connectivity index (χ2n) is 4.33. The highest BCUT2D eigenvalue weighted by atomic mass is 19.1. The fourth-order valence-electron chi connectivity index (χ4n) is 1.81. The molecule has 1 amide bonds. The van der Waals surface area contributed by atoms with Gasteiger partial charge in [-0.05, 0) is 36.8 Å². The third-order valence-corrected chi connectivity index (χ3v) is 2.92. The summed E-state index contributed by atoms with van der Waals surface area (Å²) in [6.45, 7) is 1.84. The molecule has 0 saturated heterocycles. The summed E-state index contributed by atoms with van der Waals surface area (Å²) in [4.78, 5) is 12.1. The number of hydrogen-bond donors (Lipinski definition) is 2. The van der Waals surface area contributed by atoms with Gasteiger partial charge in [0, 0.05) is 5.69 Å². The Labute approximate surface area is 111 Å². The zero-order valence-corrected chi connectivity index (χ0v) is 10.6. The highest BCUT2D eigenvalue weighted by Gasteiger charge is 2.13. The first-order valence-corrected chi connectivity index (χ1v) is 5.99. The zero-order valence-electron chi connectivity index (χ0n) is 10.6. The van der Waals surface area contributed by atoms with Gasteiger partial charge in [-0.15, -0.1) is 0 Å². The third kappa shape index (κ3) is 3.10. The van der Waals surface area contributed by atoms with Crippen LogP contribution in [0.15, 0.2) is 48.5 Å². The number of nitrogens with one attached hydrogen (secondary N) is 1. The predicted molar refractivity (Wildman–Crippen MR) is 73.1 cm³/mol.